The fraction of sp³-hybridized carbons (Fsp3) is 0. The molecule has 1 amide bonds. The predicted molar refractivity (Wildman–Crippen MR) is 99.7 cm³/mol. The van der Waals surface area contributed by atoms with Crippen LogP contribution in [0, 0.1) is 0 Å². The number of hydrogen-bond acceptors (Lipinski definition) is 4. The first-order valence-corrected chi connectivity index (χ1v) is 9.42. The van der Waals surface area contributed by atoms with E-state index in [1.165, 1.54) is 54.6 Å². The Morgan fingerprint density at radius 2 is 1.22 bits per heavy atom. The summed E-state index contributed by atoms with van der Waals surface area (Å²) in [6, 6.07) is 19.6. The highest BCUT2D eigenvalue weighted by Gasteiger charge is 2.18. The number of carbonyl (C=O) groups excluding carboxylic acids is 1. The Morgan fingerprint density at radius 3 is 1.81 bits per heavy atom. The van der Waals surface area contributed by atoms with Crippen LogP contribution in [0.3, 0.4) is 0 Å². The SMILES string of the molecule is O=C(O)c1ccccc1C(=O)Nc1ccc(S(=O)(=O)c2ccccc2)cc1. The van der Waals surface area contributed by atoms with Crippen molar-refractivity contribution in [2.75, 3.05) is 5.32 Å². The molecule has 0 aliphatic heterocycles. The third-order valence-electron chi connectivity index (χ3n) is 3.88. The van der Waals surface area contributed by atoms with Crippen LogP contribution in [0.1, 0.15) is 20.7 Å². The van der Waals surface area contributed by atoms with Gasteiger partial charge in [-0.3, -0.25) is 4.79 Å². The first-order valence-electron chi connectivity index (χ1n) is 7.93. The van der Waals surface area contributed by atoms with E-state index in [2.05, 4.69) is 5.32 Å². The van der Waals surface area contributed by atoms with Gasteiger partial charge in [-0.2, -0.15) is 0 Å². The Kier molecular flexibility index (Phi) is 5.05. The van der Waals surface area contributed by atoms with Gasteiger partial charge >= 0.3 is 5.97 Å². The average molecular weight is 381 g/mol. The smallest absolute Gasteiger partial charge is 0.336 e. The van der Waals surface area contributed by atoms with Crippen molar-refractivity contribution in [3.8, 4) is 0 Å². The molecule has 0 saturated heterocycles. The van der Waals surface area contributed by atoms with Crippen LogP contribution in [0.2, 0.25) is 0 Å². The summed E-state index contributed by atoms with van der Waals surface area (Å²) in [6.45, 7) is 0. The van der Waals surface area contributed by atoms with Crippen LogP contribution in [0.15, 0.2) is 88.7 Å². The van der Waals surface area contributed by atoms with E-state index in [0.29, 0.717) is 5.69 Å². The van der Waals surface area contributed by atoms with E-state index in [1.54, 1.807) is 24.3 Å². The molecule has 3 aromatic rings. The molecule has 0 saturated carbocycles. The molecule has 0 atom stereocenters. The van der Waals surface area contributed by atoms with Crippen LogP contribution < -0.4 is 5.32 Å². The molecule has 0 aliphatic rings. The number of nitrogens with one attached hydrogen (secondary N) is 1. The molecule has 3 rings (SSSR count). The molecule has 0 aromatic heterocycles. The van der Waals surface area contributed by atoms with Gasteiger partial charge in [0.2, 0.25) is 9.84 Å². The average Bonchev–Trinajstić information content (AvgIpc) is 2.69. The van der Waals surface area contributed by atoms with Crippen molar-refractivity contribution >= 4 is 27.4 Å². The zero-order valence-electron chi connectivity index (χ0n) is 14.0. The standard InChI is InChI=1S/C20H15NO5S/c22-19(17-8-4-5-9-18(17)20(23)24)21-14-10-12-16(13-11-14)27(25,26)15-6-2-1-3-7-15/h1-13H,(H,21,22)(H,23,24). The summed E-state index contributed by atoms with van der Waals surface area (Å²) in [5.74, 6) is -1.79. The number of hydrogen-bond donors (Lipinski definition) is 2. The lowest BCUT2D eigenvalue weighted by molar-refractivity contribution is 0.0692. The fourth-order valence-corrected chi connectivity index (χ4v) is 3.80. The maximum atomic E-state index is 12.6. The molecule has 0 spiro atoms. The van der Waals surface area contributed by atoms with E-state index in [4.69, 9.17) is 5.11 Å². The Hall–Kier alpha value is -3.45. The number of carboxylic acids is 1. The molecule has 3 aromatic carbocycles. The summed E-state index contributed by atoms with van der Waals surface area (Å²) in [7, 11) is -3.64. The van der Waals surface area contributed by atoms with Crippen LogP contribution >= 0.6 is 0 Å². The van der Waals surface area contributed by atoms with Gasteiger partial charge in [-0.1, -0.05) is 30.3 Å². The summed E-state index contributed by atoms with van der Waals surface area (Å²) in [6.07, 6.45) is 0. The van der Waals surface area contributed by atoms with Gasteiger partial charge in [0.15, 0.2) is 0 Å². The molecular formula is C20H15NO5S. The summed E-state index contributed by atoms with van der Waals surface area (Å²) in [5, 5.41) is 11.7. The van der Waals surface area contributed by atoms with Crippen LogP contribution in [-0.4, -0.2) is 25.4 Å². The maximum absolute atomic E-state index is 12.6. The van der Waals surface area contributed by atoms with Crippen molar-refractivity contribution in [2.24, 2.45) is 0 Å². The molecule has 136 valence electrons. The van der Waals surface area contributed by atoms with Crippen molar-refractivity contribution in [2.45, 2.75) is 9.79 Å². The second-order valence-corrected chi connectivity index (χ2v) is 7.60. The number of aromatic carboxylic acids is 1. The number of amides is 1. The molecular weight excluding hydrogens is 366 g/mol. The van der Waals surface area contributed by atoms with Crippen LogP contribution in [-0.2, 0) is 9.84 Å². The number of anilines is 1. The third-order valence-corrected chi connectivity index (χ3v) is 5.66. The van der Waals surface area contributed by atoms with E-state index in [-0.39, 0.29) is 20.9 Å². The molecule has 27 heavy (non-hydrogen) atoms. The Balaban J connectivity index is 1.83. The Labute approximate surface area is 156 Å². The Bertz CT molecular complexity index is 1090. The number of carbonyl (C=O) groups is 2. The zero-order valence-corrected chi connectivity index (χ0v) is 14.8. The van der Waals surface area contributed by atoms with Crippen LogP contribution in [0.4, 0.5) is 5.69 Å². The number of sulfone groups is 1. The van der Waals surface area contributed by atoms with Gasteiger partial charge in [-0.25, -0.2) is 13.2 Å². The van der Waals surface area contributed by atoms with E-state index < -0.39 is 21.7 Å². The monoisotopic (exact) mass is 381 g/mol. The largest absolute Gasteiger partial charge is 0.478 e. The zero-order chi connectivity index (χ0) is 19.4. The topological polar surface area (TPSA) is 101 Å². The first-order chi connectivity index (χ1) is 12.9. The van der Waals surface area contributed by atoms with Gasteiger partial charge in [0.05, 0.1) is 20.9 Å². The van der Waals surface area contributed by atoms with Crippen molar-refractivity contribution in [3.63, 3.8) is 0 Å². The van der Waals surface area contributed by atoms with Crippen molar-refractivity contribution in [1.82, 2.24) is 0 Å². The minimum absolute atomic E-state index is 0.0194. The predicted octanol–water partition coefficient (Wildman–Crippen LogP) is 3.47. The lowest BCUT2D eigenvalue weighted by atomic mass is 10.1. The molecule has 0 aliphatic carbocycles. The molecule has 0 unspecified atom stereocenters. The van der Waals surface area contributed by atoms with E-state index >= 15 is 0 Å². The van der Waals surface area contributed by atoms with Crippen molar-refractivity contribution < 1.29 is 23.1 Å². The van der Waals surface area contributed by atoms with Crippen molar-refractivity contribution in [1.29, 1.82) is 0 Å². The molecule has 6 nitrogen and oxygen atoms in total. The minimum Gasteiger partial charge on any atom is -0.478 e. The third kappa shape index (κ3) is 3.88. The molecule has 0 bridgehead atoms. The lowest BCUT2D eigenvalue weighted by Crippen LogP contribution is -2.16. The van der Waals surface area contributed by atoms with Gasteiger partial charge in [0.1, 0.15) is 0 Å². The highest BCUT2D eigenvalue weighted by molar-refractivity contribution is 7.91. The second kappa shape index (κ2) is 7.43. The van der Waals surface area contributed by atoms with Gasteiger partial charge in [-0.05, 0) is 48.5 Å². The highest BCUT2D eigenvalue weighted by Crippen LogP contribution is 2.22. The second-order valence-electron chi connectivity index (χ2n) is 5.65. The van der Waals surface area contributed by atoms with E-state index in [1.807, 2.05) is 0 Å². The number of benzene rings is 3. The highest BCUT2D eigenvalue weighted by atomic mass is 32.2. The molecule has 0 fully saturated rings. The van der Waals surface area contributed by atoms with E-state index in [0.717, 1.165) is 0 Å². The van der Waals surface area contributed by atoms with Crippen LogP contribution in [0.5, 0.6) is 0 Å². The van der Waals surface area contributed by atoms with Gasteiger partial charge in [0.25, 0.3) is 5.91 Å². The van der Waals surface area contributed by atoms with Gasteiger partial charge in [0, 0.05) is 5.69 Å². The maximum Gasteiger partial charge on any atom is 0.336 e. The molecule has 0 heterocycles. The first kappa shape index (κ1) is 18.3. The normalized spacial score (nSPS) is 11.0. The molecule has 7 heteroatoms. The van der Waals surface area contributed by atoms with Gasteiger partial charge < -0.3 is 10.4 Å². The molecule has 2 N–H and O–H groups in total. The number of carboxylic acid groups (broad SMARTS) is 1. The molecule has 0 radical (unpaired) electrons. The van der Waals surface area contributed by atoms with Gasteiger partial charge in [-0.15, -0.1) is 0 Å². The summed E-state index contributed by atoms with van der Waals surface area (Å²) >= 11 is 0. The Morgan fingerprint density at radius 1 is 0.704 bits per heavy atom. The summed E-state index contributed by atoms with van der Waals surface area (Å²) in [5.41, 5.74) is 0.261. The number of rotatable bonds is 5. The fourth-order valence-electron chi connectivity index (χ4n) is 2.52. The van der Waals surface area contributed by atoms with Crippen molar-refractivity contribution in [3.05, 3.63) is 90.0 Å². The van der Waals surface area contributed by atoms with E-state index in [9.17, 15) is 18.0 Å². The van der Waals surface area contributed by atoms with Crippen LogP contribution in [0.25, 0.3) is 0 Å². The quantitative estimate of drug-likeness (QED) is 0.705. The minimum atomic E-state index is -3.64. The lowest BCUT2D eigenvalue weighted by Gasteiger charge is -2.09. The summed E-state index contributed by atoms with van der Waals surface area (Å²) < 4.78 is 25.1. The summed E-state index contributed by atoms with van der Waals surface area (Å²) in [4.78, 5) is 23.8.